The molecule has 0 atom stereocenters. The van der Waals surface area contributed by atoms with Gasteiger partial charge in [0.2, 0.25) is 0 Å². The molecule has 5 nitrogen and oxygen atoms in total. The van der Waals surface area contributed by atoms with Crippen LogP contribution in [-0.2, 0) is 11.2 Å². The van der Waals surface area contributed by atoms with Gasteiger partial charge in [-0.05, 0) is 48.7 Å². The Morgan fingerprint density at radius 2 is 2.24 bits per heavy atom. The van der Waals surface area contributed by atoms with Crippen molar-refractivity contribution in [1.29, 1.82) is 0 Å². The molecular weight excluding hydrogens is 266 g/mol. The number of nitrogens with one attached hydrogen (secondary N) is 2. The lowest BCUT2D eigenvalue weighted by Gasteiger charge is -2.19. The molecule has 0 bridgehead atoms. The fourth-order valence-electron chi connectivity index (χ4n) is 2.44. The predicted molar refractivity (Wildman–Crippen MR) is 82.1 cm³/mol. The van der Waals surface area contributed by atoms with Crippen LogP contribution in [0.15, 0.2) is 36.5 Å². The summed E-state index contributed by atoms with van der Waals surface area (Å²) in [6, 6.07) is 9.51. The molecule has 21 heavy (non-hydrogen) atoms. The van der Waals surface area contributed by atoms with Crippen LogP contribution in [-0.4, -0.2) is 24.6 Å². The van der Waals surface area contributed by atoms with Crippen molar-refractivity contribution in [2.24, 2.45) is 0 Å². The highest BCUT2D eigenvalue weighted by molar-refractivity contribution is 5.90. The second-order valence-electron chi connectivity index (χ2n) is 4.95. The number of hydrogen-bond donors (Lipinski definition) is 2. The van der Waals surface area contributed by atoms with Gasteiger partial charge < -0.3 is 15.4 Å². The summed E-state index contributed by atoms with van der Waals surface area (Å²) in [6.07, 6.45) is 3.81. The molecule has 108 valence electrons. The quantitative estimate of drug-likeness (QED) is 0.848. The van der Waals surface area contributed by atoms with E-state index in [9.17, 15) is 4.79 Å². The van der Waals surface area contributed by atoms with E-state index in [2.05, 4.69) is 27.8 Å². The number of hydrogen-bond acceptors (Lipinski definition) is 5. The van der Waals surface area contributed by atoms with Crippen molar-refractivity contribution in [2.75, 3.05) is 24.3 Å². The number of carbonyl (C=O) groups is 1. The summed E-state index contributed by atoms with van der Waals surface area (Å²) >= 11 is 0. The fourth-order valence-corrected chi connectivity index (χ4v) is 2.44. The molecule has 0 spiro atoms. The molecule has 2 aromatic rings. The number of ether oxygens (including phenoxy) is 1. The summed E-state index contributed by atoms with van der Waals surface area (Å²) in [6.45, 7) is 1.03. The number of nitrogens with zero attached hydrogens (tertiary/aromatic N) is 1. The lowest BCUT2D eigenvalue weighted by Crippen LogP contribution is -2.11. The van der Waals surface area contributed by atoms with Crippen LogP contribution in [0.4, 0.5) is 17.2 Å². The van der Waals surface area contributed by atoms with Gasteiger partial charge in [0.15, 0.2) is 0 Å². The van der Waals surface area contributed by atoms with Crippen LogP contribution < -0.4 is 10.6 Å². The van der Waals surface area contributed by atoms with Crippen LogP contribution in [0.25, 0.3) is 0 Å². The Kier molecular flexibility index (Phi) is 3.73. The number of rotatable bonds is 3. The summed E-state index contributed by atoms with van der Waals surface area (Å²) < 4.78 is 4.71. The average molecular weight is 283 g/mol. The topological polar surface area (TPSA) is 63.2 Å². The molecule has 3 rings (SSSR count). The molecule has 0 radical (unpaired) electrons. The smallest absolute Gasteiger partial charge is 0.338 e. The van der Waals surface area contributed by atoms with Crippen molar-refractivity contribution < 1.29 is 9.53 Å². The van der Waals surface area contributed by atoms with E-state index in [4.69, 9.17) is 4.74 Å². The summed E-state index contributed by atoms with van der Waals surface area (Å²) in [5.41, 5.74) is 3.94. The minimum Gasteiger partial charge on any atom is -0.465 e. The van der Waals surface area contributed by atoms with Gasteiger partial charge in [0, 0.05) is 24.1 Å². The molecule has 1 aliphatic heterocycles. The summed E-state index contributed by atoms with van der Waals surface area (Å²) in [4.78, 5) is 15.8. The Balaban J connectivity index is 1.82. The van der Waals surface area contributed by atoms with Crippen LogP contribution in [0.5, 0.6) is 0 Å². The monoisotopic (exact) mass is 283 g/mol. The second kappa shape index (κ2) is 5.83. The first-order valence-corrected chi connectivity index (χ1v) is 6.94. The van der Waals surface area contributed by atoms with Gasteiger partial charge in [-0.3, -0.25) is 0 Å². The number of esters is 1. The maximum Gasteiger partial charge on any atom is 0.338 e. The second-order valence-corrected chi connectivity index (χ2v) is 4.95. The summed E-state index contributed by atoms with van der Waals surface area (Å²) in [7, 11) is 1.37. The van der Waals surface area contributed by atoms with Gasteiger partial charge in [-0.1, -0.05) is 0 Å². The van der Waals surface area contributed by atoms with Gasteiger partial charge in [-0.15, -0.1) is 0 Å². The van der Waals surface area contributed by atoms with Crippen LogP contribution in [0.1, 0.15) is 22.3 Å². The Morgan fingerprint density at radius 1 is 1.33 bits per heavy atom. The van der Waals surface area contributed by atoms with E-state index in [1.165, 1.54) is 18.4 Å². The first-order valence-electron chi connectivity index (χ1n) is 6.94. The number of pyridine rings is 1. The fraction of sp³-hybridized carbons (Fsp3) is 0.250. The molecule has 1 aromatic carbocycles. The standard InChI is InChI=1S/C16H17N3O2/c1-21-16(20)12-6-8-18-15(10-12)19-13-4-5-14-11(9-13)3-2-7-17-14/h4-6,8-10,17H,2-3,7H2,1H3,(H,18,19). The molecule has 0 unspecified atom stereocenters. The number of carbonyl (C=O) groups excluding carboxylic acids is 1. The van der Waals surface area contributed by atoms with E-state index in [0.717, 1.165) is 25.1 Å². The summed E-state index contributed by atoms with van der Waals surface area (Å²) in [5.74, 6) is 0.261. The van der Waals surface area contributed by atoms with E-state index in [1.807, 2.05) is 6.07 Å². The Bertz CT molecular complexity index is 670. The lowest BCUT2D eigenvalue weighted by molar-refractivity contribution is 0.0600. The van der Waals surface area contributed by atoms with E-state index in [-0.39, 0.29) is 5.97 Å². The largest absolute Gasteiger partial charge is 0.465 e. The first kappa shape index (κ1) is 13.4. The Morgan fingerprint density at radius 3 is 3.10 bits per heavy atom. The van der Waals surface area contributed by atoms with Crippen molar-refractivity contribution in [3.63, 3.8) is 0 Å². The first-order chi connectivity index (χ1) is 10.3. The van der Waals surface area contributed by atoms with Gasteiger partial charge >= 0.3 is 5.97 Å². The SMILES string of the molecule is COC(=O)c1ccnc(Nc2ccc3c(c2)CCCN3)c1. The molecule has 0 fully saturated rings. The zero-order valence-corrected chi connectivity index (χ0v) is 11.8. The van der Waals surface area contributed by atoms with E-state index < -0.39 is 0 Å². The van der Waals surface area contributed by atoms with Gasteiger partial charge in [0.1, 0.15) is 5.82 Å². The Hall–Kier alpha value is -2.56. The highest BCUT2D eigenvalue weighted by atomic mass is 16.5. The minimum atomic E-state index is -0.366. The van der Waals surface area contributed by atoms with Crippen molar-refractivity contribution in [2.45, 2.75) is 12.8 Å². The third-order valence-corrected chi connectivity index (χ3v) is 3.50. The molecular formula is C16H17N3O2. The third-order valence-electron chi connectivity index (χ3n) is 3.50. The number of anilines is 3. The molecule has 0 aliphatic carbocycles. The molecule has 5 heteroatoms. The van der Waals surface area contributed by atoms with Crippen molar-refractivity contribution in [1.82, 2.24) is 4.98 Å². The zero-order chi connectivity index (χ0) is 14.7. The molecule has 2 heterocycles. The van der Waals surface area contributed by atoms with Crippen LogP contribution in [0.3, 0.4) is 0 Å². The van der Waals surface area contributed by atoms with Crippen molar-refractivity contribution >= 4 is 23.2 Å². The summed E-state index contributed by atoms with van der Waals surface area (Å²) in [5, 5.41) is 6.61. The number of aromatic nitrogens is 1. The van der Waals surface area contributed by atoms with Gasteiger partial charge in [-0.2, -0.15) is 0 Å². The maximum absolute atomic E-state index is 11.5. The highest BCUT2D eigenvalue weighted by Crippen LogP contribution is 2.26. The maximum atomic E-state index is 11.5. The molecule has 0 saturated carbocycles. The van der Waals surface area contributed by atoms with Crippen LogP contribution >= 0.6 is 0 Å². The number of benzene rings is 1. The Labute approximate surface area is 123 Å². The molecule has 2 N–H and O–H groups in total. The van der Waals surface area contributed by atoms with Gasteiger partial charge in [0.05, 0.1) is 12.7 Å². The molecule has 1 aromatic heterocycles. The molecule has 0 amide bonds. The minimum absolute atomic E-state index is 0.366. The van der Waals surface area contributed by atoms with Crippen molar-refractivity contribution in [3.05, 3.63) is 47.7 Å². The number of aryl methyl sites for hydroxylation is 1. The molecule has 0 saturated heterocycles. The predicted octanol–water partition coefficient (Wildman–Crippen LogP) is 2.97. The van der Waals surface area contributed by atoms with Crippen LogP contribution in [0.2, 0.25) is 0 Å². The zero-order valence-electron chi connectivity index (χ0n) is 11.8. The van der Waals surface area contributed by atoms with Gasteiger partial charge in [-0.25, -0.2) is 9.78 Å². The van der Waals surface area contributed by atoms with E-state index in [1.54, 1.807) is 18.3 Å². The van der Waals surface area contributed by atoms with E-state index in [0.29, 0.717) is 11.4 Å². The third kappa shape index (κ3) is 2.97. The highest BCUT2D eigenvalue weighted by Gasteiger charge is 2.10. The van der Waals surface area contributed by atoms with Crippen LogP contribution in [0, 0.1) is 0 Å². The normalized spacial score (nSPS) is 13.0. The number of methoxy groups -OCH3 is 1. The number of fused-ring (bicyclic) bond motifs is 1. The molecule has 1 aliphatic rings. The average Bonchev–Trinajstić information content (AvgIpc) is 2.54. The van der Waals surface area contributed by atoms with E-state index >= 15 is 0 Å². The van der Waals surface area contributed by atoms with Crippen molar-refractivity contribution in [3.8, 4) is 0 Å². The van der Waals surface area contributed by atoms with Gasteiger partial charge in [0.25, 0.3) is 0 Å². The lowest BCUT2D eigenvalue weighted by atomic mass is 10.0.